The number of anilines is 2. The van der Waals surface area contributed by atoms with Gasteiger partial charge in [-0.3, -0.25) is 0 Å². The fourth-order valence-electron chi connectivity index (χ4n) is 1.62. The molecule has 0 aliphatic heterocycles. The Kier molecular flexibility index (Phi) is 2.37. The van der Waals surface area contributed by atoms with Crippen LogP contribution in [-0.4, -0.2) is 22.2 Å². The van der Waals surface area contributed by atoms with Crippen molar-refractivity contribution in [3.05, 3.63) is 6.20 Å². The van der Waals surface area contributed by atoms with Crippen molar-refractivity contribution in [3.63, 3.8) is 0 Å². The summed E-state index contributed by atoms with van der Waals surface area (Å²) in [5.74, 6) is 0. The lowest BCUT2D eigenvalue weighted by molar-refractivity contribution is 0.172. The summed E-state index contributed by atoms with van der Waals surface area (Å²) in [6.07, 6.45) is 4.39. The van der Waals surface area contributed by atoms with Crippen LogP contribution in [-0.2, 0) is 0 Å². The summed E-state index contributed by atoms with van der Waals surface area (Å²) in [7, 11) is 0. The molecule has 0 radical (unpaired) electrons. The Morgan fingerprint density at radius 2 is 2.46 bits per heavy atom. The zero-order valence-corrected chi connectivity index (χ0v) is 8.05. The Morgan fingerprint density at radius 1 is 1.62 bits per heavy atom. The maximum Gasteiger partial charge on any atom is 0.184 e. The molecule has 0 saturated heterocycles. The molecule has 72 valence electrons. The maximum atomic E-state index is 9.54. The number of nitrogens with two attached hydrogens (primary N) is 1. The molecule has 1 saturated carbocycles. The van der Waals surface area contributed by atoms with Crippen molar-refractivity contribution in [1.29, 1.82) is 0 Å². The summed E-state index contributed by atoms with van der Waals surface area (Å²) in [4.78, 5) is 4.08. The van der Waals surface area contributed by atoms with Crippen LogP contribution in [0.2, 0.25) is 0 Å². The fraction of sp³-hybridized carbons (Fsp3) is 0.625. The van der Waals surface area contributed by atoms with Crippen LogP contribution in [0, 0.1) is 0 Å². The molecule has 1 aromatic heterocycles. The first kappa shape index (κ1) is 8.77. The van der Waals surface area contributed by atoms with Crippen LogP contribution in [0.25, 0.3) is 0 Å². The van der Waals surface area contributed by atoms with Gasteiger partial charge in [0.15, 0.2) is 5.13 Å². The van der Waals surface area contributed by atoms with Gasteiger partial charge in [-0.1, -0.05) is 11.3 Å². The van der Waals surface area contributed by atoms with Crippen LogP contribution in [0.1, 0.15) is 19.3 Å². The molecular weight excluding hydrogens is 186 g/mol. The molecule has 0 amide bonds. The number of hydrogen-bond acceptors (Lipinski definition) is 5. The van der Waals surface area contributed by atoms with Gasteiger partial charge in [-0.25, -0.2) is 4.98 Å². The van der Waals surface area contributed by atoms with E-state index in [0.717, 1.165) is 24.4 Å². The maximum absolute atomic E-state index is 9.54. The Balaban J connectivity index is 1.97. The molecule has 0 bridgehead atoms. The smallest absolute Gasteiger partial charge is 0.184 e. The molecule has 1 fully saturated rings. The van der Waals surface area contributed by atoms with Crippen molar-refractivity contribution < 1.29 is 5.11 Å². The van der Waals surface area contributed by atoms with Gasteiger partial charge in [-0.2, -0.15) is 0 Å². The molecule has 2 atom stereocenters. The second-order valence-electron chi connectivity index (χ2n) is 3.32. The first-order chi connectivity index (χ1) is 6.25. The van der Waals surface area contributed by atoms with Gasteiger partial charge < -0.3 is 16.2 Å². The molecule has 1 aromatic rings. The average Bonchev–Trinajstić information content (AvgIpc) is 2.64. The van der Waals surface area contributed by atoms with Gasteiger partial charge in [0, 0.05) is 0 Å². The van der Waals surface area contributed by atoms with Crippen LogP contribution in [0.4, 0.5) is 10.1 Å². The number of nitrogens with one attached hydrogen (secondary N) is 1. The number of aliphatic hydroxyl groups is 1. The Hall–Kier alpha value is -0.810. The predicted molar refractivity (Wildman–Crippen MR) is 53.8 cm³/mol. The van der Waals surface area contributed by atoms with Crippen LogP contribution >= 0.6 is 11.3 Å². The van der Waals surface area contributed by atoms with Gasteiger partial charge in [0.05, 0.1) is 18.3 Å². The van der Waals surface area contributed by atoms with Gasteiger partial charge in [0.2, 0.25) is 0 Å². The monoisotopic (exact) mass is 199 g/mol. The molecule has 5 heteroatoms. The van der Waals surface area contributed by atoms with Gasteiger partial charge in [0.1, 0.15) is 5.00 Å². The van der Waals surface area contributed by atoms with E-state index in [-0.39, 0.29) is 12.1 Å². The average molecular weight is 199 g/mol. The number of hydrogen-bond donors (Lipinski definition) is 3. The van der Waals surface area contributed by atoms with E-state index in [2.05, 4.69) is 10.3 Å². The van der Waals surface area contributed by atoms with Crippen LogP contribution in [0.5, 0.6) is 0 Å². The lowest BCUT2D eigenvalue weighted by atomic mass is 10.2. The summed E-state index contributed by atoms with van der Waals surface area (Å²) in [5.41, 5.74) is 5.54. The van der Waals surface area contributed by atoms with Gasteiger partial charge >= 0.3 is 0 Å². The lowest BCUT2D eigenvalue weighted by Gasteiger charge is -2.14. The fourth-order valence-corrected chi connectivity index (χ4v) is 2.27. The second-order valence-corrected chi connectivity index (χ2v) is 4.38. The molecule has 1 aliphatic rings. The van der Waals surface area contributed by atoms with E-state index in [4.69, 9.17) is 5.73 Å². The van der Waals surface area contributed by atoms with E-state index in [9.17, 15) is 5.11 Å². The zero-order valence-electron chi connectivity index (χ0n) is 7.23. The van der Waals surface area contributed by atoms with Crippen LogP contribution < -0.4 is 11.1 Å². The summed E-state index contributed by atoms with van der Waals surface area (Å²) < 4.78 is 0. The molecule has 1 heterocycles. The van der Waals surface area contributed by atoms with E-state index in [0.29, 0.717) is 5.00 Å². The number of nitrogens with zero attached hydrogens (tertiary/aromatic N) is 1. The molecule has 13 heavy (non-hydrogen) atoms. The summed E-state index contributed by atoms with van der Waals surface area (Å²) in [6.45, 7) is 0. The second kappa shape index (κ2) is 3.51. The Labute approximate surface area is 80.8 Å². The Bertz CT molecular complexity index is 289. The highest BCUT2D eigenvalue weighted by Crippen LogP contribution is 2.26. The molecule has 1 aliphatic carbocycles. The third-order valence-electron chi connectivity index (χ3n) is 2.31. The summed E-state index contributed by atoms with van der Waals surface area (Å²) in [5, 5.41) is 14.2. The number of aromatic nitrogens is 1. The van der Waals surface area contributed by atoms with E-state index >= 15 is 0 Å². The number of aliphatic hydroxyl groups excluding tert-OH is 1. The van der Waals surface area contributed by atoms with Crippen molar-refractivity contribution in [1.82, 2.24) is 4.98 Å². The first-order valence-corrected chi connectivity index (χ1v) is 5.23. The third-order valence-corrected chi connectivity index (χ3v) is 3.07. The SMILES string of the molecule is Nc1cnc(NC2CCCC2O)s1. The number of nitrogen functional groups attached to an aromatic ring is 1. The molecule has 0 spiro atoms. The van der Waals surface area contributed by atoms with Gasteiger partial charge in [-0.15, -0.1) is 0 Å². The predicted octanol–water partition coefficient (Wildman–Crippen LogP) is 1.05. The van der Waals surface area contributed by atoms with E-state index in [1.54, 1.807) is 6.20 Å². The number of thiazole rings is 1. The Morgan fingerprint density at radius 3 is 3.00 bits per heavy atom. The topological polar surface area (TPSA) is 71.2 Å². The van der Waals surface area contributed by atoms with Crippen LogP contribution in [0.3, 0.4) is 0 Å². The molecule has 2 unspecified atom stereocenters. The van der Waals surface area contributed by atoms with E-state index < -0.39 is 0 Å². The largest absolute Gasteiger partial charge is 0.391 e. The van der Waals surface area contributed by atoms with Gasteiger partial charge in [0.25, 0.3) is 0 Å². The highest BCUT2D eigenvalue weighted by atomic mass is 32.1. The highest BCUT2D eigenvalue weighted by molar-refractivity contribution is 7.19. The normalized spacial score (nSPS) is 27.8. The summed E-state index contributed by atoms with van der Waals surface area (Å²) >= 11 is 1.42. The number of rotatable bonds is 2. The van der Waals surface area contributed by atoms with E-state index in [1.165, 1.54) is 11.3 Å². The quantitative estimate of drug-likeness (QED) is 0.666. The zero-order chi connectivity index (χ0) is 9.26. The van der Waals surface area contributed by atoms with Crippen molar-refractivity contribution in [2.45, 2.75) is 31.4 Å². The van der Waals surface area contributed by atoms with Crippen LogP contribution in [0.15, 0.2) is 6.20 Å². The van der Waals surface area contributed by atoms with E-state index in [1.807, 2.05) is 0 Å². The van der Waals surface area contributed by atoms with Crippen molar-refractivity contribution in [2.24, 2.45) is 0 Å². The third kappa shape index (κ3) is 1.92. The molecule has 2 rings (SSSR count). The van der Waals surface area contributed by atoms with Crippen molar-refractivity contribution in [2.75, 3.05) is 11.1 Å². The minimum atomic E-state index is -0.231. The minimum absolute atomic E-state index is 0.158. The van der Waals surface area contributed by atoms with Crippen molar-refractivity contribution in [3.8, 4) is 0 Å². The van der Waals surface area contributed by atoms with Gasteiger partial charge in [-0.05, 0) is 19.3 Å². The molecule has 4 N–H and O–H groups in total. The molecule has 0 aromatic carbocycles. The lowest BCUT2D eigenvalue weighted by Crippen LogP contribution is -2.27. The minimum Gasteiger partial charge on any atom is -0.391 e. The highest BCUT2D eigenvalue weighted by Gasteiger charge is 2.25. The van der Waals surface area contributed by atoms with Crippen molar-refractivity contribution >= 4 is 21.5 Å². The molecular formula is C8H13N3OS. The standard InChI is InChI=1S/C8H13N3OS/c9-7-4-10-8(13-7)11-5-2-1-3-6(5)12/h4-6,12H,1-3,9H2,(H,10,11). The first-order valence-electron chi connectivity index (χ1n) is 4.41. The molecule has 4 nitrogen and oxygen atoms in total. The summed E-state index contributed by atoms with van der Waals surface area (Å²) in [6, 6.07) is 0.158.